The monoisotopic (exact) mass is 240 g/mol. The summed E-state index contributed by atoms with van der Waals surface area (Å²) in [5, 5.41) is 0. The zero-order valence-corrected chi connectivity index (χ0v) is 10.8. The van der Waals surface area contributed by atoms with Crippen LogP contribution in [0.15, 0.2) is 6.07 Å². The lowest BCUT2D eigenvalue weighted by atomic mass is 10.2. The Balaban J connectivity index is 2.02. The van der Waals surface area contributed by atoms with Crippen LogP contribution in [-0.2, 0) is 17.6 Å². The molecule has 90 valence electrons. The van der Waals surface area contributed by atoms with Gasteiger partial charge in [0.15, 0.2) is 0 Å². The standard InChI is InChI=1S/C12H20N2OS/c1-8(2)15-7-10(14-13)12-6-9-4-3-5-11(9)16-12/h6,8,10,14H,3-5,7,13H2,1-2H3. The second-order valence-corrected chi connectivity index (χ2v) is 5.72. The molecular weight excluding hydrogens is 220 g/mol. The Morgan fingerprint density at radius 1 is 1.50 bits per heavy atom. The predicted octanol–water partition coefficient (Wildman–Crippen LogP) is 2.17. The molecule has 1 aliphatic rings. The van der Waals surface area contributed by atoms with Gasteiger partial charge in [0.05, 0.1) is 18.8 Å². The molecule has 0 bridgehead atoms. The fourth-order valence-corrected chi connectivity index (χ4v) is 3.33. The number of thiophene rings is 1. The van der Waals surface area contributed by atoms with Crippen molar-refractivity contribution < 1.29 is 4.74 Å². The molecule has 1 heterocycles. The van der Waals surface area contributed by atoms with Gasteiger partial charge in [0, 0.05) is 9.75 Å². The van der Waals surface area contributed by atoms with Crippen LogP contribution in [0.2, 0.25) is 0 Å². The van der Waals surface area contributed by atoms with Gasteiger partial charge in [-0.3, -0.25) is 5.84 Å². The molecule has 0 saturated heterocycles. The molecule has 0 radical (unpaired) electrons. The molecule has 1 unspecified atom stereocenters. The summed E-state index contributed by atoms with van der Waals surface area (Å²) in [5.41, 5.74) is 4.37. The quantitative estimate of drug-likeness (QED) is 0.612. The van der Waals surface area contributed by atoms with Gasteiger partial charge in [0.1, 0.15) is 0 Å². The molecule has 2 rings (SSSR count). The Labute approximate surface area is 101 Å². The van der Waals surface area contributed by atoms with Crippen LogP contribution >= 0.6 is 11.3 Å². The zero-order chi connectivity index (χ0) is 11.5. The van der Waals surface area contributed by atoms with Gasteiger partial charge in [0.2, 0.25) is 0 Å². The molecule has 0 fully saturated rings. The van der Waals surface area contributed by atoms with Crippen molar-refractivity contribution >= 4 is 11.3 Å². The topological polar surface area (TPSA) is 47.3 Å². The lowest BCUT2D eigenvalue weighted by Gasteiger charge is -2.16. The molecule has 1 atom stereocenters. The summed E-state index contributed by atoms with van der Waals surface area (Å²) in [7, 11) is 0. The second-order valence-electron chi connectivity index (χ2n) is 4.55. The molecule has 1 aromatic rings. The van der Waals surface area contributed by atoms with Gasteiger partial charge < -0.3 is 4.74 Å². The normalized spacial score (nSPS) is 16.8. The lowest BCUT2D eigenvalue weighted by Crippen LogP contribution is -2.31. The van der Waals surface area contributed by atoms with E-state index in [2.05, 4.69) is 11.5 Å². The molecular formula is C12H20N2OS. The molecule has 0 saturated carbocycles. The maximum absolute atomic E-state index is 5.61. The number of hydrogen-bond donors (Lipinski definition) is 2. The van der Waals surface area contributed by atoms with Gasteiger partial charge in [-0.1, -0.05) is 0 Å². The van der Waals surface area contributed by atoms with E-state index in [1.807, 2.05) is 25.2 Å². The fraction of sp³-hybridized carbons (Fsp3) is 0.667. The van der Waals surface area contributed by atoms with Crippen molar-refractivity contribution in [1.82, 2.24) is 5.43 Å². The van der Waals surface area contributed by atoms with Gasteiger partial charge in [0.25, 0.3) is 0 Å². The Kier molecular flexibility index (Phi) is 3.97. The first-order chi connectivity index (χ1) is 7.70. The number of hydrazine groups is 1. The summed E-state index contributed by atoms with van der Waals surface area (Å²) in [6, 6.07) is 2.43. The van der Waals surface area contributed by atoms with E-state index in [-0.39, 0.29) is 12.1 Å². The summed E-state index contributed by atoms with van der Waals surface area (Å²) in [6.45, 7) is 4.73. The Bertz CT molecular complexity index is 327. The van der Waals surface area contributed by atoms with Crippen molar-refractivity contribution in [1.29, 1.82) is 0 Å². The summed E-state index contributed by atoms with van der Waals surface area (Å²) in [5.74, 6) is 5.59. The van der Waals surface area contributed by atoms with Crippen LogP contribution in [0.5, 0.6) is 0 Å². The van der Waals surface area contributed by atoms with E-state index in [4.69, 9.17) is 10.6 Å². The van der Waals surface area contributed by atoms with Crippen molar-refractivity contribution in [3.63, 3.8) is 0 Å². The molecule has 1 aromatic heterocycles. The number of ether oxygens (including phenoxy) is 1. The van der Waals surface area contributed by atoms with Crippen LogP contribution in [0.3, 0.4) is 0 Å². The van der Waals surface area contributed by atoms with Crippen LogP contribution < -0.4 is 11.3 Å². The average molecular weight is 240 g/mol. The van der Waals surface area contributed by atoms with E-state index in [1.54, 1.807) is 4.88 Å². The third kappa shape index (κ3) is 2.63. The Morgan fingerprint density at radius 2 is 2.31 bits per heavy atom. The van der Waals surface area contributed by atoms with E-state index < -0.39 is 0 Å². The highest BCUT2D eigenvalue weighted by molar-refractivity contribution is 7.12. The first kappa shape index (κ1) is 12.0. The number of rotatable bonds is 5. The molecule has 4 heteroatoms. The maximum atomic E-state index is 5.61. The highest BCUT2D eigenvalue weighted by Gasteiger charge is 2.19. The summed E-state index contributed by atoms with van der Waals surface area (Å²) in [6.07, 6.45) is 4.03. The van der Waals surface area contributed by atoms with Crippen LogP contribution in [0.4, 0.5) is 0 Å². The molecule has 0 aliphatic heterocycles. The van der Waals surface area contributed by atoms with Crippen LogP contribution in [0.1, 0.15) is 41.6 Å². The van der Waals surface area contributed by atoms with E-state index in [0.29, 0.717) is 6.61 Å². The van der Waals surface area contributed by atoms with Gasteiger partial charge in [-0.05, 0) is 44.7 Å². The Hall–Kier alpha value is -0.420. The first-order valence-corrected chi connectivity index (χ1v) is 6.71. The summed E-state index contributed by atoms with van der Waals surface area (Å²) in [4.78, 5) is 2.85. The predicted molar refractivity (Wildman–Crippen MR) is 67.5 cm³/mol. The first-order valence-electron chi connectivity index (χ1n) is 5.90. The van der Waals surface area contributed by atoms with Gasteiger partial charge in [-0.15, -0.1) is 11.3 Å². The minimum atomic E-state index is 0.137. The van der Waals surface area contributed by atoms with Crippen molar-refractivity contribution in [3.05, 3.63) is 21.4 Å². The van der Waals surface area contributed by atoms with Gasteiger partial charge in [-0.25, -0.2) is 5.43 Å². The molecule has 0 amide bonds. The third-order valence-electron chi connectivity index (χ3n) is 2.91. The van der Waals surface area contributed by atoms with E-state index in [0.717, 1.165) is 0 Å². The van der Waals surface area contributed by atoms with Crippen LogP contribution in [0, 0.1) is 0 Å². The van der Waals surface area contributed by atoms with E-state index >= 15 is 0 Å². The van der Waals surface area contributed by atoms with E-state index in [9.17, 15) is 0 Å². The molecule has 3 nitrogen and oxygen atoms in total. The average Bonchev–Trinajstić information content (AvgIpc) is 2.78. The minimum Gasteiger partial charge on any atom is -0.377 e. The second kappa shape index (κ2) is 5.27. The lowest BCUT2D eigenvalue weighted by molar-refractivity contribution is 0.0618. The van der Waals surface area contributed by atoms with Crippen molar-refractivity contribution in [2.75, 3.05) is 6.61 Å². The van der Waals surface area contributed by atoms with Crippen molar-refractivity contribution in [2.24, 2.45) is 5.84 Å². The SMILES string of the molecule is CC(C)OCC(NN)c1cc2c(s1)CCC2. The van der Waals surface area contributed by atoms with E-state index in [1.165, 1.54) is 29.7 Å². The zero-order valence-electron chi connectivity index (χ0n) is 9.95. The molecule has 0 aromatic carbocycles. The number of fused-ring (bicyclic) bond motifs is 1. The number of aryl methyl sites for hydroxylation is 2. The molecule has 0 spiro atoms. The minimum absolute atomic E-state index is 0.137. The van der Waals surface area contributed by atoms with Crippen LogP contribution in [0.25, 0.3) is 0 Å². The third-order valence-corrected chi connectivity index (χ3v) is 4.26. The van der Waals surface area contributed by atoms with Crippen molar-refractivity contribution in [3.8, 4) is 0 Å². The van der Waals surface area contributed by atoms with Gasteiger partial charge >= 0.3 is 0 Å². The smallest absolute Gasteiger partial charge is 0.0786 e. The van der Waals surface area contributed by atoms with Crippen LogP contribution in [-0.4, -0.2) is 12.7 Å². The number of nitrogens with two attached hydrogens (primary N) is 1. The Morgan fingerprint density at radius 3 is 2.94 bits per heavy atom. The highest BCUT2D eigenvalue weighted by Crippen LogP contribution is 2.33. The largest absolute Gasteiger partial charge is 0.377 e. The highest BCUT2D eigenvalue weighted by atomic mass is 32.1. The summed E-state index contributed by atoms with van der Waals surface area (Å²) < 4.78 is 5.61. The molecule has 3 N–H and O–H groups in total. The van der Waals surface area contributed by atoms with Gasteiger partial charge in [-0.2, -0.15) is 0 Å². The maximum Gasteiger partial charge on any atom is 0.0786 e. The number of hydrogen-bond acceptors (Lipinski definition) is 4. The summed E-state index contributed by atoms with van der Waals surface area (Å²) >= 11 is 1.88. The molecule has 16 heavy (non-hydrogen) atoms. The number of nitrogens with one attached hydrogen (secondary N) is 1. The molecule has 1 aliphatic carbocycles. The fourth-order valence-electron chi connectivity index (χ4n) is 2.02. The van der Waals surface area contributed by atoms with Crippen molar-refractivity contribution in [2.45, 2.75) is 45.3 Å².